The quantitative estimate of drug-likeness (QED) is 0.391. The molecule has 3 saturated heterocycles. The second kappa shape index (κ2) is 11.5. The number of likely N-dealkylation sites (tertiary alicyclic amines) is 1. The molecule has 14 heteroatoms. The van der Waals surface area contributed by atoms with Crippen LogP contribution in [0.25, 0.3) is 0 Å². The molecule has 3 fully saturated rings. The number of nitrogens with zero attached hydrogens (tertiary/aromatic N) is 6. The van der Waals surface area contributed by atoms with Crippen LogP contribution in [0.1, 0.15) is 6.42 Å². The van der Waals surface area contributed by atoms with E-state index < -0.39 is 36.1 Å². The van der Waals surface area contributed by atoms with Crippen LogP contribution in [0.15, 0.2) is 17.6 Å². The Morgan fingerprint density at radius 2 is 1.97 bits per heavy atom. The van der Waals surface area contributed by atoms with Crippen LogP contribution in [0, 0.1) is 16.6 Å². The van der Waals surface area contributed by atoms with Crippen molar-refractivity contribution in [3.63, 3.8) is 0 Å². The maximum Gasteiger partial charge on any atom is 0.236 e. The number of anilines is 2. The molecular formula is C22H33F2N9O3. The van der Waals surface area contributed by atoms with E-state index in [0.717, 1.165) is 25.7 Å². The van der Waals surface area contributed by atoms with E-state index in [9.17, 15) is 23.3 Å². The summed E-state index contributed by atoms with van der Waals surface area (Å²) in [7, 11) is 1.61. The lowest BCUT2D eigenvalue weighted by Gasteiger charge is -2.40. The highest BCUT2D eigenvalue weighted by Crippen LogP contribution is 2.30. The van der Waals surface area contributed by atoms with E-state index in [4.69, 9.17) is 5.73 Å². The zero-order valence-electron chi connectivity index (χ0n) is 20.3. The summed E-state index contributed by atoms with van der Waals surface area (Å²) < 4.78 is 28.7. The van der Waals surface area contributed by atoms with Crippen LogP contribution in [0.5, 0.6) is 0 Å². The lowest BCUT2D eigenvalue weighted by molar-refractivity contribution is -0.135. The third-order valence-corrected chi connectivity index (χ3v) is 7.03. The number of halogens is 2. The molecule has 0 bridgehead atoms. The lowest BCUT2D eigenvalue weighted by Crippen LogP contribution is -2.62. The average Bonchev–Trinajstić information content (AvgIpc) is 2.80. The maximum atomic E-state index is 15.0. The molecule has 4 unspecified atom stereocenters. The highest BCUT2D eigenvalue weighted by Gasteiger charge is 2.40. The van der Waals surface area contributed by atoms with Gasteiger partial charge in [-0.05, 0) is 13.5 Å². The number of alkyl halides is 1. The molecule has 4 rings (SSSR count). The van der Waals surface area contributed by atoms with Crippen molar-refractivity contribution in [1.29, 1.82) is 0 Å². The van der Waals surface area contributed by atoms with E-state index in [0.29, 0.717) is 32.7 Å². The van der Waals surface area contributed by atoms with Gasteiger partial charge < -0.3 is 20.9 Å². The zero-order chi connectivity index (χ0) is 25.8. The SMILES string of the molecule is CN1CC(F)CNC1C(C(=O)Nc1cncc(F)c1N1CCN(CC(=O)N2CCC2)CC1)C(N)N=O. The number of nitroso groups, excluding NO2 is 1. The number of rotatable bonds is 8. The van der Waals surface area contributed by atoms with Gasteiger partial charge in [0.2, 0.25) is 11.8 Å². The molecule has 2 amide bonds. The highest BCUT2D eigenvalue weighted by atomic mass is 19.1. The third kappa shape index (κ3) is 5.77. The molecule has 4 heterocycles. The van der Waals surface area contributed by atoms with Gasteiger partial charge in [-0.2, -0.15) is 0 Å². The molecule has 3 aliphatic heterocycles. The molecule has 4 N–H and O–H groups in total. The Hall–Kier alpha value is -2.81. The Bertz CT molecular complexity index is 959. The van der Waals surface area contributed by atoms with E-state index in [1.807, 2.05) is 9.80 Å². The van der Waals surface area contributed by atoms with Crippen molar-refractivity contribution in [1.82, 2.24) is 25.0 Å². The predicted octanol–water partition coefficient (Wildman–Crippen LogP) is -0.620. The third-order valence-electron chi connectivity index (χ3n) is 7.03. The van der Waals surface area contributed by atoms with Crippen molar-refractivity contribution in [2.75, 3.05) is 76.2 Å². The minimum atomic E-state index is -1.40. The molecule has 0 aromatic carbocycles. The summed E-state index contributed by atoms with van der Waals surface area (Å²) in [4.78, 5) is 47.9. The zero-order valence-corrected chi connectivity index (χ0v) is 20.3. The number of nitrogens with two attached hydrogens (primary N) is 1. The maximum absolute atomic E-state index is 15.0. The minimum Gasteiger partial charge on any atom is -0.365 e. The summed E-state index contributed by atoms with van der Waals surface area (Å²) in [6.45, 7) is 3.99. The monoisotopic (exact) mass is 509 g/mol. The van der Waals surface area contributed by atoms with Crippen molar-refractivity contribution < 1.29 is 18.4 Å². The van der Waals surface area contributed by atoms with Crippen molar-refractivity contribution in [2.45, 2.75) is 24.9 Å². The van der Waals surface area contributed by atoms with E-state index in [1.54, 1.807) is 16.8 Å². The van der Waals surface area contributed by atoms with Gasteiger partial charge in [-0.1, -0.05) is 5.18 Å². The van der Waals surface area contributed by atoms with Gasteiger partial charge in [0, 0.05) is 52.4 Å². The first-order valence-corrected chi connectivity index (χ1v) is 12.1. The first-order valence-electron chi connectivity index (χ1n) is 12.1. The number of amides is 2. The van der Waals surface area contributed by atoms with Crippen LogP contribution in [0.4, 0.5) is 20.2 Å². The topological polar surface area (TPSA) is 140 Å². The Morgan fingerprint density at radius 3 is 2.58 bits per heavy atom. The average molecular weight is 510 g/mol. The van der Waals surface area contributed by atoms with Crippen LogP contribution in [-0.2, 0) is 9.59 Å². The van der Waals surface area contributed by atoms with Crippen molar-refractivity contribution in [3.8, 4) is 0 Å². The van der Waals surface area contributed by atoms with Gasteiger partial charge in [0.15, 0.2) is 12.0 Å². The fourth-order valence-corrected chi connectivity index (χ4v) is 4.89. The van der Waals surface area contributed by atoms with E-state index >= 15 is 0 Å². The van der Waals surface area contributed by atoms with Gasteiger partial charge in [-0.15, -0.1) is 4.91 Å². The van der Waals surface area contributed by atoms with Crippen molar-refractivity contribution in [2.24, 2.45) is 16.8 Å². The summed E-state index contributed by atoms with van der Waals surface area (Å²) in [6, 6.07) is 0. The van der Waals surface area contributed by atoms with E-state index in [2.05, 4.69) is 20.8 Å². The first-order chi connectivity index (χ1) is 17.3. The molecule has 0 spiro atoms. The molecule has 1 aromatic rings. The number of pyridine rings is 1. The fraction of sp³-hybridized carbons (Fsp3) is 0.682. The number of carbonyl (C=O) groups excluding carboxylic acids is 2. The Kier molecular flexibility index (Phi) is 8.39. The van der Waals surface area contributed by atoms with Crippen molar-refractivity contribution in [3.05, 3.63) is 23.1 Å². The second-order valence-corrected chi connectivity index (χ2v) is 9.52. The lowest BCUT2D eigenvalue weighted by atomic mass is 9.98. The Balaban J connectivity index is 1.45. The molecule has 0 saturated carbocycles. The summed E-state index contributed by atoms with van der Waals surface area (Å²) in [5.41, 5.74) is 6.17. The number of aromatic nitrogens is 1. The number of carbonyl (C=O) groups is 2. The van der Waals surface area contributed by atoms with E-state index in [-0.39, 0.29) is 30.4 Å². The molecule has 0 aliphatic carbocycles. The molecular weight excluding hydrogens is 476 g/mol. The summed E-state index contributed by atoms with van der Waals surface area (Å²) in [5.74, 6) is -2.32. The smallest absolute Gasteiger partial charge is 0.236 e. The number of piperazine rings is 1. The van der Waals surface area contributed by atoms with Gasteiger partial charge in [-0.25, -0.2) is 8.78 Å². The van der Waals surface area contributed by atoms with Gasteiger partial charge in [0.1, 0.15) is 17.8 Å². The van der Waals surface area contributed by atoms with E-state index in [1.165, 1.54) is 6.20 Å². The first kappa shape index (κ1) is 26.3. The normalized spacial score (nSPS) is 25.1. The molecule has 3 aliphatic rings. The molecule has 198 valence electrons. The van der Waals surface area contributed by atoms with Crippen molar-refractivity contribution >= 4 is 23.2 Å². The van der Waals surface area contributed by atoms with Crippen LogP contribution >= 0.6 is 0 Å². The number of hydrogen-bond acceptors (Lipinski definition) is 10. The Labute approximate surface area is 208 Å². The summed E-state index contributed by atoms with van der Waals surface area (Å²) in [6.07, 6.45) is 0.171. The fourth-order valence-electron chi connectivity index (χ4n) is 4.89. The van der Waals surface area contributed by atoms with Crippen LogP contribution in [0.3, 0.4) is 0 Å². The molecule has 12 nitrogen and oxygen atoms in total. The van der Waals surface area contributed by atoms with Crippen LogP contribution in [-0.4, -0.2) is 116 Å². The molecule has 0 radical (unpaired) electrons. The second-order valence-electron chi connectivity index (χ2n) is 9.52. The molecule has 36 heavy (non-hydrogen) atoms. The van der Waals surface area contributed by atoms with Gasteiger partial charge in [-0.3, -0.25) is 29.7 Å². The summed E-state index contributed by atoms with van der Waals surface area (Å²) >= 11 is 0. The number of nitrogens with one attached hydrogen (secondary N) is 2. The van der Waals surface area contributed by atoms with Gasteiger partial charge >= 0.3 is 0 Å². The molecule has 1 aromatic heterocycles. The van der Waals surface area contributed by atoms with Crippen LogP contribution in [0.2, 0.25) is 0 Å². The molecule has 4 atom stereocenters. The Morgan fingerprint density at radius 1 is 1.25 bits per heavy atom. The van der Waals surface area contributed by atoms with Gasteiger partial charge in [0.25, 0.3) is 0 Å². The minimum absolute atomic E-state index is 0.00166. The predicted molar refractivity (Wildman–Crippen MR) is 129 cm³/mol. The standard InChI is InChI=1S/C22H33F2N9O3/c1-30-12-14(23)9-27-21(30)18(20(25)29-36)22(35)28-16-11-26-10-15(24)19(16)33-7-5-31(6-8-33)13-17(34)32-3-2-4-32/h10-11,14,18,20-21,27H,2-9,12-13,25H2,1H3,(H,28,35). The highest BCUT2D eigenvalue weighted by molar-refractivity contribution is 5.96. The van der Waals surface area contributed by atoms with Crippen LogP contribution < -0.4 is 21.3 Å². The van der Waals surface area contributed by atoms with Gasteiger partial charge in [0.05, 0.1) is 30.8 Å². The summed E-state index contributed by atoms with van der Waals surface area (Å²) in [5, 5.41) is 8.41. The largest absolute Gasteiger partial charge is 0.365 e. The number of hydrogen-bond donors (Lipinski definition) is 3.